The van der Waals surface area contributed by atoms with Gasteiger partial charge in [-0.2, -0.15) is 0 Å². The van der Waals surface area contributed by atoms with E-state index < -0.39 is 10.0 Å². The molecule has 108 valence electrons. The number of nitrogens with zero attached hydrogens (tertiary/aromatic N) is 1. The minimum absolute atomic E-state index is 0.221. The van der Waals surface area contributed by atoms with Crippen molar-refractivity contribution in [2.75, 3.05) is 5.73 Å². The van der Waals surface area contributed by atoms with Crippen molar-refractivity contribution in [3.8, 4) is 0 Å². The van der Waals surface area contributed by atoms with Crippen LogP contribution in [0.4, 0.5) is 5.69 Å². The third-order valence-corrected chi connectivity index (χ3v) is 5.37. The number of sulfonamides is 1. The zero-order valence-corrected chi connectivity index (χ0v) is 13.0. The number of anilines is 1. The van der Waals surface area contributed by atoms with Gasteiger partial charge in [-0.05, 0) is 37.1 Å². The normalized spacial score (nSPS) is 13.3. The molecule has 0 amide bonds. The standard InChI is InChI=1S/C13H17N3O2S2/c1-3-12(13-15-6-7-19-13)16-20(17,18)10-4-5-11(14)9(2)8-10/h4-8,12,16H,3,14H2,1-2H3. The smallest absolute Gasteiger partial charge is 0.241 e. The second kappa shape index (κ2) is 5.90. The van der Waals surface area contributed by atoms with E-state index in [1.807, 2.05) is 12.3 Å². The first-order valence-corrected chi connectivity index (χ1v) is 8.58. The quantitative estimate of drug-likeness (QED) is 0.831. The first-order chi connectivity index (χ1) is 9.44. The fraction of sp³-hybridized carbons (Fsp3) is 0.308. The molecule has 2 aromatic rings. The molecule has 0 fully saturated rings. The molecule has 3 N–H and O–H groups in total. The van der Waals surface area contributed by atoms with Gasteiger partial charge in [-0.3, -0.25) is 0 Å². The number of hydrogen-bond acceptors (Lipinski definition) is 5. The third-order valence-electron chi connectivity index (χ3n) is 3.01. The number of nitrogens with one attached hydrogen (secondary N) is 1. The van der Waals surface area contributed by atoms with Gasteiger partial charge in [-0.15, -0.1) is 11.3 Å². The third kappa shape index (κ3) is 3.17. The zero-order chi connectivity index (χ0) is 14.8. The van der Waals surface area contributed by atoms with Crippen LogP contribution in [0.5, 0.6) is 0 Å². The molecule has 0 bridgehead atoms. The van der Waals surface area contributed by atoms with E-state index in [1.54, 1.807) is 25.3 Å². The number of rotatable bonds is 5. The van der Waals surface area contributed by atoms with Crippen molar-refractivity contribution < 1.29 is 8.42 Å². The van der Waals surface area contributed by atoms with E-state index in [1.165, 1.54) is 17.4 Å². The van der Waals surface area contributed by atoms with Gasteiger partial charge in [0, 0.05) is 17.3 Å². The van der Waals surface area contributed by atoms with Crippen LogP contribution in [0.25, 0.3) is 0 Å². The van der Waals surface area contributed by atoms with Gasteiger partial charge < -0.3 is 5.73 Å². The van der Waals surface area contributed by atoms with Gasteiger partial charge in [-0.1, -0.05) is 6.92 Å². The molecule has 1 atom stereocenters. The van der Waals surface area contributed by atoms with Crippen molar-refractivity contribution >= 4 is 27.0 Å². The molecule has 0 aliphatic carbocycles. The van der Waals surface area contributed by atoms with E-state index in [0.29, 0.717) is 12.1 Å². The predicted molar refractivity (Wildman–Crippen MR) is 81.1 cm³/mol. The Morgan fingerprint density at radius 3 is 2.75 bits per heavy atom. The van der Waals surface area contributed by atoms with Crippen molar-refractivity contribution in [2.45, 2.75) is 31.2 Å². The van der Waals surface area contributed by atoms with E-state index in [4.69, 9.17) is 5.73 Å². The molecule has 1 unspecified atom stereocenters. The Morgan fingerprint density at radius 2 is 2.20 bits per heavy atom. The second-order valence-corrected chi connectivity index (χ2v) is 7.11. The Balaban J connectivity index is 2.28. The summed E-state index contributed by atoms with van der Waals surface area (Å²) in [4.78, 5) is 4.39. The SMILES string of the molecule is CCC(NS(=O)(=O)c1ccc(N)c(C)c1)c1nccs1. The van der Waals surface area contributed by atoms with Gasteiger partial charge in [0.1, 0.15) is 5.01 Å². The van der Waals surface area contributed by atoms with Crippen LogP contribution in [-0.4, -0.2) is 13.4 Å². The van der Waals surface area contributed by atoms with Gasteiger partial charge in [0.25, 0.3) is 0 Å². The molecule has 1 heterocycles. The molecule has 0 saturated carbocycles. The largest absolute Gasteiger partial charge is 0.399 e. The number of aryl methyl sites for hydroxylation is 1. The van der Waals surface area contributed by atoms with Crippen molar-refractivity contribution in [3.05, 3.63) is 40.3 Å². The summed E-state index contributed by atoms with van der Waals surface area (Å²) in [5, 5.41) is 2.60. The van der Waals surface area contributed by atoms with Crippen LogP contribution >= 0.6 is 11.3 Å². The van der Waals surface area contributed by atoms with E-state index >= 15 is 0 Å². The van der Waals surface area contributed by atoms with E-state index in [0.717, 1.165) is 10.6 Å². The van der Waals surface area contributed by atoms with Crippen LogP contribution in [0.2, 0.25) is 0 Å². The van der Waals surface area contributed by atoms with Crippen LogP contribution in [-0.2, 0) is 10.0 Å². The number of nitrogens with two attached hydrogens (primary N) is 1. The van der Waals surface area contributed by atoms with Crippen LogP contribution in [0.1, 0.15) is 30.0 Å². The maximum absolute atomic E-state index is 12.4. The lowest BCUT2D eigenvalue weighted by Gasteiger charge is -2.15. The van der Waals surface area contributed by atoms with E-state index in [-0.39, 0.29) is 10.9 Å². The van der Waals surface area contributed by atoms with Gasteiger partial charge in [0.15, 0.2) is 0 Å². The number of nitrogen functional groups attached to an aromatic ring is 1. The zero-order valence-electron chi connectivity index (χ0n) is 11.3. The van der Waals surface area contributed by atoms with Crippen molar-refractivity contribution in [1.29, 1.82) is 0 Å². The van der Waals surface area contributed by atoms with Crippen molar-refractivity contribution in [2.24, 2.45) is 0 Å². The summed E-state index contributed by atoms with van der Waals surface area (Å²) in [5.74, 6) is 0. The molecule has 0 spiro atoms. The fourth-order valence-corrected chi connectivity index (χ4v) is 4.00. The molecule has 0 saturated heterocycles. The number of aromatic nitrogens is 1. The van der Waals surface area contributed by atoms with Gasteiger partial charge >= 0.3 is 0 Å². The number of hydrogen-bond donors (Lipinski definition) is 2. The molecular formula is C13H17N3O2S2. The summed E-state index contributed by atoms with van der Waals surface area (Å²) in [6.45, 7) is 3.70. The van der Waals surface area contributed by atoms with Crippen LogP contribution in [0.3, 0.4) is 0 Å². The summed E-state index contributed by atoms with van der Waals surface area (Å²) < 4.78 is 27.5. The lowest BCUT2D eigenvalue weighted by Crippen LogP contribution is -2.28. The summed E-state index contributed by atoms with van der Waals surface area (Å²) in [6, 6.07) is 4.39. The summed E-state index contributed by atoms with van der Waals surface area (Å²) >= 11 is 1.44. The lowest BCUT2D eigenvalue weighted by molar-refractivity contribution is 0.549. The summed E-state index contributed by atoms with van der Waals surface area (Å²) in [6.07, 6.45) is 2.31. The molecule has 7 heteroatoms. The molecule has 2 rings (SSSR count). The number of benzene rings is 1. The predicted octanol–water partition coefficient (Wildman–Crippen LogP) is 2.46. The molecule has 0 aliphatic heterocycles. The molecule has 0 aliphatic rings. The highest BCUT2D eigenvalue weighted by Gasteiger charge is 2.22. The van der Waals surface area contributed by atoms with Gasteiger partial charge in [-0.25, -0.2) is 18.1 Å². The van der Waals surface area contributed by atoms with Gasteiger partial charge in [0.05, 0.1) is 10.9 Å². The highest BCUT2D eigenvalue weighted by atomic mass is 32.2. The fourth-order valence-electron chi connectivity index (χ4n) is 1.79. The maximum atomic E-state index is 12.4. The average Bonchev–Trinajstić information content (AvgIpc) is 2.93. The minimum atomic E-state index is -3.58. The van der Waals surface area contributed by atoms with Crippen molar-refractivity contribution in [3.63, 3.8) is 0 Å². The monoisotopic (exact) mass is 311 g/mol. The topological polar surface area (TPSA) is 85.1 Å². The Hall–Kier alpha value is -1.44. The van der Waals surface area contributed by atoms with Crippen LogP contribution < -0.4 is 10.5 Å². The average molecular weight is 311 g/mol. The maximum Gasteiger partial charge on any atom is 0.241 e. The van der Waals surface area contributed by atoms with E-state index in [9.17, 15) is 8.42 Å². The first kappa shape index (κ1) is 15.0. The Bertz CT molecular complexity index is 682. The number of thiazole rings is 1. The molecular weight excluding hydrogens is 294 g/mol. The molecule has 1 aromatic heterocycles. The lowest BCUT2D eigenvalue weighted by atomic mass is 10.2. The summed E-state index contributed by atoms with van der Waals surface area (Å²) in [5.41, 5.74) is 7.04. The Morgan fingerprint density at radius 1 is 1.45 bits per heavy atom. The molecule has 1 aromatic carbocycles. The molecule has 5 nitrogen and oxygen atoms in total. The van der Waals surface area contributed by atoms with Gasteiger partial charge in [0.2, 0.25) is 10.0 Å². The Labute approximate surface area is 122 Å². The minimum Gasteiger partial charge on any atom is -0.399 e. The first-order valence-electron chi connectivity index (χ1n) is 6.22. The molecule has 20 heavy (non-hydrogen) atoms. The van der Waals surface area contributed by atoms with Crippen LogP contribution in [0, 0.1) is 6.92 Å². The van der Waals surface area contributed by atoms with E-state index in [2.05, 4.69) is 9.71 Å². The summed E-state index contributed by atoms with van der Waals surface area (Å²) in [7, 11) is -3.58. The highest BCUT2D eigenvalue weighted by molar-refractivity contribution is 7.89. The van der Waals surface area contributed by atoms with Crippen LogP contribution in [0.15, 0.2) is 34.7 Å². The van der Waals surface area contributed by atoms with Crippen molar-refractivity contribution in [1.82, 2.24) is 9.71 Å². The second-order valence-electron chi connectivity index (χ2n) is 4.47. The molecule has 0 radical (unpaired) electrons. The Kier molecular flexibility index (Phi) is 4.42. The highest BCUT2D eigenvalue weighted by Crippen LogP contribution is 2.23.